The highest BCUT2D eigenvalue weighted by Crippen LogP contribution is 2.60. The van der Waals surface area contributed by atoms with Crippen molar-refractivity contribution in [3.05, 3.63) is 0 Å². The second-order valence-electron chi connectivity index (χ2n) is 7.94. The number of aliphatic hydroxyl groups is 1. The van der Waals surface area contributed by atoms with Crippen LogP contribution in [-0.4, -0.2) is 42.3 Å². The van der Waals surface area contributed by atoms with Crippen LogP contribution < -0.4 is 0 Å². The van der Waals surface area contributed by atoms with Gasteiger partial charge in [0.1, 0.15) is 19.3 Å². The average Bonchev–Trinajstić information content (AvgIpc) is 2.47. The lowest BCUT2D eigenvalue weighted by atomic mass is 9.49. The van der Waals surface area contributed by atoms with E-state index in [1.165, 1.54) is 19.3 Å². The van der Waals surface area contributed by atoms with Gasteiger partial charge in [-0.25, -0.2) is 4.79 Å². The number of rotatable bonds is 6. The largest absolute Gasteiger partial charge is 0.462 e. The third-order valence-corrected chi connectivity index (χ3v) is 5.64. The summed E-state index contributed by atoms with van der Waals surface area (Å²) in [6.07, 6.45) is 4.87. The van der Waals surface area contributed by atoms with Gasteiger partial charge in [0.15, 0.2) is 0 Å². The molecule has 4 fully saturated rings. The molecule has 0 aromatic carbocycles. The first-order chi connectivity index (χ1) is 11.2. The standard InChI is InChI=1S/C17H24F2O5/c1-16(18,19)14(21)23-8-13(20)9-24-15(22)17-5-10-2-11(6-17)4-12(3-10)7-17/h10-13,20H,2-9H2,1H3. The highest BCUT2D eigenvalue weighted by Gasteiger charge is 2.55. The van der Waals surface area contributed by atoms with Crippen LogP contribution >= 0.6 is 0 Å². The van der Waals surface area contributed by atoms with E-state index in [1.807, 2.05) is 0 Å². The number of aliphatic hydroxyl groups excluding tert-OH is 1. The van der Waals surface area contributed by atoms with Crippen molar-refractivity contribution in [1.82, 2.24) is 0 Å². The lowest BCUT2D eigenvalue weighted by Crippen LogP contribution is -2.51. The van der Waals surface area contributed by atoms with Crippen LogP contribution in [0.15, 0.2) is 0 Å². The SMILES string of the molecule is CC(F)(F)C(=O)OCC(O)COC(=O)C12CC3CC(CC(C3)C1)C2. The van der Waals surface area contributed by atoms with Gasteiger partial charge in [0.05, 0.1) is 5.41 Å². The Balaban J connectivity index is 1.47. The van der Waals surface area contributed by atoms with Gasteiger partial charge in [-0.3, -0.25) is 4.79 Å². The van der Waals surface area contributed by atoms with Gasteiger partial charge in [-0.2, -0.15) is 8.78 Å². The van der Waals surface area contributed by atoms with E-state index in [4.69, 9.17) is 4.74 Å². The Hall–Kier alpha value is -1.24. The molecule has 1 unspecified atom stereocenters. The fraction of sp³-hybridized carbons (Fsp3) is 0.882. The molecule has 4 aliphatic rings. The highest BCUT2D eigenvalue weighted by molar-refractivity contribution is 5.78. The van der Waals surface area contributed by atoms with Crippen LogP contribution in [-0.2, 0) is 19.1 Å². The van der Waals surface area contributed by atoms with E-state index in [0.717, 1.165) is 19.3 Å². The molecule has 0 amide bonds. The third kappa shape index (κ3) is 3.55. The van der Waals surface area contributed by atoms with E-state index >= 15 is 0 Å². The van der Waals surface area contributed by atoms with Gasteiger partial charge in [-0.15, -0.1) is 0 Å². The molecule has 0 spiro atoms. The molecule has 4 rings (SSSR count). The minimum Gasteiger partial charge on any atom is -0.462 e. The lowest BCUT2D eigenvalue weighted by molar-refractivity contribution is -0.179. The maximum Gasteiger partial charge on any atom is 0.376 e. The topological polar surface area (TPSA) is 72.8 Å². The molecule has 0 aliphatic heterocycles. The normalized spacial score (nSPS) is 35.6. The minimum atomic E-state index is -3.60. The number of hydrogen-bond acceptors (Lipinski definition) is 5. The van der Waals surface area contributed by atoms with Crippen molar-refractivity contribution in [2.75, 3.05) is 13.2 Å². The Morgan fingerprint density at radius 3 is 2.00 bits per heavy atom. The lowest BCUT2D eigenvalue weighted by Gasteiger charge is -2.55. The molecule has 0 heterocycles. The molecule has 0 aromatic rings. The summed E-state index contributed by atoms with van der Waals surface area (Å²) in [5, 5.41) is 9.70. The van der Waals surface area contributed by atoms with Crippen molar-refractivity contribution in [3.63, 3.8) is 0 Å². The predicted molar refractivity (Wildman–Crippen MR) is 79.2 cm³/mol. The molecule has 4 aliphatic carbocycles. The summed E-state index contributed by atoms with van der Waals surface area (Å²) in [6.45, 7) is -0.533. The molecule has 0 aromatic heterocycles. The van der Waals surface area contributed by atoms with E-state index in [0.29, 0.717) is 24.7 Å². The van der Waals surface area contributed by atoms with Crippen LogP contribution in [0.5, 0.6) is 0 Å². The smallest absolute Gasteiger partial charge is 0.376 e. The second-order valence-corrected chi connectivity index (χ2v) is 7.94. The van der Waals surface area contributed by atoms with Crippen LogP contribution in [0.25, 0.3) is 0 Å². The Bertz CT molecular complexity index is 478. The quantitative estimate of drug-likeness (QED) is 0.747. The summed E-state index contributed by atoms with van der Waals surface area (Å²) in [6, 6.07) is 0. The van der Waals surface area contributed by atoms with E-state index in [-0.39, 0.29) is 12.6 Å². The predicted octanol–water partition coefficient (Wildman–Crippen LogP) is 2.31. The molecule has 1 N–H and O–H groups in total. The molecule has 0 saturated heterocycles. The summed E-state index contributed by atoms with van der Waals surface area (Å²) in [4.78, 5) is 23.5. The Morgan fingerprint density at radius 1 is 1.08 bits per heavy atom. The average molecular weight is 346 g/mol. The van der Waals surface area contributed by atoms with Crippen LogP contribution in [0.1, 0.15) is 45.4 Å². The zero-order valence-corrected chi connectivity index (χ0v) is 13.8. The van der Waals surface area contributed by atoms with E-state index < -0.39 is 30.0 Å². The van der Waals surface area contributed by atoms with Crippen molar-refractivity contribution in [1.29, 1.82) is 0 Å². The monoisotopic (exact) mass is 346 g/mol. The maximum absolute atomic E-state index is 12.7. The summed E-state index contributed by atoms with van der Waals surface area (Å²) in [5.74, 6) is -3.80. The van der Waals surface area contributed by atoms with Crippen LogP contribution in [0, 0.1) is 23.2 Å². The summed E-state index contributed by atoms with van der Waals surface area (Å²) >= 11 is 0. The van der Waals surface area contributed by atoms with Crippen LogP contribution in [0.3, 0.4) is 0 Å². The Kier molecular flexibility index (Phi) is 4.57. The zero-order valence-electron chi connectivity index (χ0n) is 13.8. The van der Waals surface area contributed by atoms with Crippen molar-refractivity contribution in [2.24, 2.45) is 23.2 Å². The molecule has 4 bridgehead atoms. The van der Waals surface area contributed by atoms with Crippen molar-refractivity contribution in [3.8, 4) is 0 Å². The molecular formula is C17H24F2O5. The first-order valence-electron chi connectivity index (χ1n) is 8.58. The number of ether oxygens (including phenoxy) is 2. The number of alkyl halides is 2. The van der Waals surface area contributed by atoms with Crippen molar-refractivity contribution < 1.29 is 33.0 Å². The van der Waals surface area contributed by atoms with E-state index in [1.54, 1.807) is 0 Å². The zero-order chi connectivity index (χ0) is 17.5. The highest BCUT2D eigenvalue weighted by atomic mass is 19.3. The molecule has 24 heavy (non-hydrogen) atoms. The van der Waals surface area contributed by atoms with Gasteiger partial charge in [-0.05, 0) is 56.3 Å². The molecule has 136 valence electrons. The maximum atomic E-state index is 12.7. The van der Waals surface area contributed by atoms with Crippen molar-refractivity contribution in [2.45, 2.75) is 57.5 Å². The summed E-state index contributed by atoms with van der Waals surface area (Å²) in [7, 11) is 0. The third-order valence-electron chi connectivity index (χ3n) is 5.64. The van der Waals surface area contributed by atoms with Crippen LogP contribution in [0.2, 0.25) is 0 Å². The molecule has 1 atom stereocenters. The fourth-order valence-corrected chi connectivity index (χ4v) is 5.03. The Morgan fingerprint density at radius 2 is 1.54 bits per heavy atom. The molecule has 5 nitrogen and oxygen atoms in total. The van der Waals surface area contributed by atoms with Gasteiger partial charge < -0.3 is 14.6 Å². The van der Waals surface area contributed by atoms with Gasteiger partial charge in [-0.1, -0.05) is 0 Å². The van der Waals surface area contributed by atoms with E-state index in [9.17, 15) is 23.5 Å². The van der Waals surface area contributed by atoms with Crippen LogP contribution in [0.4, 0.5) is 8.78 Å². The molecule has 7 heteroatoms. The van der Waals surface area contributed by atoms with Gasteiger partial charge >= 0.3 is 17.9 Å². The first-order valence-corrected chi connectivity index (χ1v) is 8.58. The van der Waals surface area contributed by atoms with E-state index in [2.05, 4.69) is 4.74 Å². The number of carbonyl (C=O) groups is 2. The molecule has 4 saturated carbocycles. The second kappa shape index (κ2) is 6.24. The van der Waals surface area contributed by atoms with Gasteiger partial charge in [0.25, 0.3) is 0 Å². The Labute approximate surface area is 139 Å². The summed E-state index contributed by atoms with van der Waals surface area (Å²) < 4.78 is 34.9. The fourth-order valence-electron chi connectivity index (χ4n) is 5.03. The first kappa shape index (κ1) is 17.6. The number of esters is 2. The number of halogens is 2. The number of hydrogen-bond donors (Lipinski definition) is 1. The molecular weight excluding hydrogens is 322 g/mol. The minimum absolute atomic E-state index is 0.298. The summed E-state index contributed by atoms with van der Waals surface area (Å²) in [5.41, 5.74) is -0.429. The molecule has 0 radical (unpaired) electrons. The van der Waals surface area contributed by atoms with Gasteiger partial charge in [0.2, 0.25) is 0 Å². The van der Waals surface area contributed by atoms with Crippen molar-refractivity contribution >= 4 is 11.9 Å². The van der Waals surface area contributed by atoms with Gasteiger partial charge in [0, 0.05) is 6.92 Å². The number of carbonyl (C=O) groups excluding carboxylic acids is 2.